The van der Waals surface area contributed by atoms with Crippen molar-refractivity contribution in [3.63, 3.8) is 0 Å². The predicted octanol–water partition coefficient (Wildman–Crippen LogP) is 3.62. The summed E-state index contributed by atoms with van der Waals surface area (Å²) >= 11 is 16.7. The van der Waals surface area contributed by atoms with E-state index in [1.807, 2.05) is 24.3 Å². The largest absolute Gasteiger partial charge is 0.375 e. The molecule has 2 aromatic carbocycles. The summed E-state index contributed by atoms with van der Waals surface area (Å²) in [6.07, 6.45) is 1.47. The van der Waals surface area contributed by atoms with Crippen LogP contribution in [-0.2, 0) is 6.54 Å². The summed E-state index contributed by atoms with van der Waals surface area (Å²) in [4.78, 5) is 4.37. The third kappa shape index (κ3) is 5.54. The predicted molar refractivity (Wildman–Crippen MR) is 118 cm³/mol. The average Bonchev–Trinajstić information content (AvgIpc) is 2.65. The lowest BCUT2D eigenvalue weighted by molar-refractivity contribution is 0.249. The summed E-state index contributed by atoms with van der Waals surface area (Å²) in [5.74, 6) is -0.280. The van der Waals surface area contributed by atoms with Crippen molar-refractivity contribution in [3.05, 3.63) is 63.4 Å². The molecule has 0 aromatic heterocycles. The summed E-state index contributed by atoms with van der Waals surface area (Å²) in [5.41, 5.74) is 10.1. The number of hydrogen-bond acceptors (Lipinski definition) is 4. The number of piperazine rings is 1. The van der Waals surface area contributed by atoms with Gasteiger partial charge in [0.2, 0.25) is 0 Å². The molecule has 0 bridgehead atoms. The molecule has 1 aliphatic rings. The third-order valence-electron chi connectivity index (χ3n) is 4.46. The van der Waals surface area contributed by atoms with Gasteiger partial charge in [-0.3, -0.25) is 10.3 Å². The summed E-state index contributed by atoms with van der Waals surface area (Å²) in [7, 11) is 0. The van der Waals surface area contributed by atoms with Crippen molar-refractivity contribution >= 4 is 52.4 Å². The van der Waals surface area contributed by atoms with Crippen LogP contribution < -0.4 is 16.1 Å². The number of nitrogens with two attached hydrogens (primary N) is 1. The lowest BCUT2D eigenvalue weighted by Crippen LogP contribution is -2.46. The van der Waals surface area contributed by atoms with Gasteiger partial charge in [-0.1, -0.05) is 35.3 Å². The Balaban J connectivity index is 1.57. The summed E-state index contributed by atoms with van der Waals surface area (Å²) < 4.78 is 14.5. The number of benzene rings is 2. The zero-order valence-electron chi connectivity index (χ0n) is 15.0. The van der Waals surface area contributed by atoms with Gasteiger partial charge in [0.15, 0.2) is 5.11 Å². The highest BCUT2D eigenvalue weighted by molar-refractivity contribution is 7.80. The monoisotopic (exact) mass is 439 g/mol. The first-order valence-corrected chi connectivity index (χ1v) is 9.88. The third-order valence-corrected chi connectivity index (χ3v) is 5.29. The Morgan fingerprint density at radius 3 is 2.54 bits per heavy atom. The molecule has 148 valence electrons. The first-order valence-electron chi connectivity index (χ1n) is 8.71. The molecule has 0 spiro atoms. The smallest absolute Gasteiger partial charge is 0.184 e. The zero-order chi connectivity index (χ0) is 20.1. The Morgan fingerprint density at radius 2 is 1.89 bits per heavy atom. The van der Waals surface area contributed by atoms with Gasteiger partial charge in [-0.2, -0.15) is 5.10 Å². The van der Waals surface area contributed by atoms with E-state index in [4.69, 9.17) is 28.9 Å². The van der Waals surface area contributed by atoms with Crippen LogP contribution in [0, 0.1) is 5.82 Å². The molecule has 1 heterocycles. The van der Waals surface area contributed by atoms with Crippen LogP contribution in [0.3, 0.4) is 0 Å². The fourth-order valence-corrected chi connectivity index (χ4v) is 3.45. The molecule has 0 atom stereocenters. The molecule has 0 unspecified atom stereocenters. The fraction of sp³-hybridized carbons (Fsp3) is 0.263. The average molecular weight is 440 g/mol. The van der Waals surface area contributed by atoms with Crippen LogP contribution in [0.15, 0.2) is 41.5 Å². The Kier molecular flexibility index (Phi) is 7.07. The molecule has 0 amide bonds. The topological polar surface area (TPSA) is 56.9 Å². The number of halogens is 3. The summed E-state index contributed by atoms with van der Waals surface area (Å²) in [6.45, 7) is 3.95. The van der Waals surface area contributed by atoms with E-state index in [0.29, 0.717) is 21.3 Å². The van der Waals surface area contributed by atoms with Crippen molar-refractivity contribution in [1.29, 1.82) is 0 Å². The zero-order valence-corrected chi connectivity index (χ0v) is 17.4. The SMILES string of the molecule is NC(=S)NN=Cc1ccc(N2CCN(Cc3ccc(Cl)c(Cl)c3)CC2)c(F)c1. The van der Waals surface area contributed by atoms with Crippen molar-refractivity contribution in [3.8, 4) is 0 Å². The van der Waals surface area contributed by atoms with Crippen LogP contribution in [-0.4, -0.2) is 42.4 Å². The first-order chi connectivity index (χ1) is 13.4. The standard InChI is InChI=1S/C19H20Cl2FN5S/c20-15-3-1-14(9-16(15)21)12-26-5-7-27(8-6-26)18-4-2-13(10-17(18)22)11-24-25-19(23)28/h1-4,9-11H,5-8,12H2,(H3,23,25,28). The molecule has 0 radical (unpaired) electrons. The van der Waals surface area contributed by atoms with Gasteiger partial charge in [-0.15, -0.1) is 0 Å². The molecule has 9 heteroatoms. The molecular weight excluding hydrogens is 420 g/mol. The van der Waals surface area contributed by atoms with Crippen molar-refractivity contribution in [2.45, 2.75) is 6.54 Å². The van der Waals surface area contributed by atoms with Gasteiger partial charge in [0.25, 0.3) is 0 Å². The highest BCUT2D eigenvalue weighted by atomic mass is 35.5. The first kappa shape index (κ1) is 20.8. The maximum atomic E-state index is 14.5. The Morgan fingerprint density at radius 1 is 1.14 bits per heavy atom. The van der Waals surface area contributed by atoms with E-state index in [2.05, 4.69) is 32.5 Å². The van der Waals surface area contributed by atoms with E-state index in [1.165, 1.54) is 12.3 Å². The highest BCUT2D eigenvalue weighted by Crippen LogP contribution is 2.25. The van der Waals surface area contributed by atoms with Crippen LogP contribution in [0.1, 0.15) is 11.1 Å². The molecule has 3 rings (SSSR count). The molecular formula is C19H20Cl2FN5S. The number of hydrazone groups is 1. The minimum atomic E-state index is -0.280. The van der Waals surface area contributed by atoms with Crippen LogP contribution in [0.4, 0.5) is 10.1 Å². The number of thiocarbonyl (C=S) groups is 1. The second-order valence-electron chi connectivity index (χ2n) is 6.46. The maximum Gasteiger partial charge on any atom is 0.184 e. The lowest BCUT2D eigenvalue weighted by atomic mass is 10.1. The van der Waals surface area contributed by atoms with Crippen LogP contribution >= 0.6 is 35.4 Å². The van der Waals surface area contributed by atoms with Gasteiger partial charge in [0, 0.05) is 32.7 Å². The van der Waals surface area contributed by atoms with Crippen molar-refractivity contribution < 1.29 is 4.39 Å². The molecule has 1 saturated heterocycles. The van der Waals surface area contributed by atoms with Crippen molar-refractivity contribution in [2.75, 3.05) is 31.1 Å². The number of nitrogens with zero attached hydrogens (tertiary/aromatic N) is 3. The maximum absolute atomic E-state index is 14.5. The van der Waals surface area contributed by atoms with Gasteiger partial charge >= 0.3 is 0 Å². The second kappa shape index (κ2) is 9.52. The molecule has 3 N–H and O–H groups in total. The quantitative estimate of drug-likeness (QED) is 0.423. The Labute approximate surface area is 178 Å². The minimum absolute atomic E-state index is 0.0621. The molecule has 5 nitrogen and oxygen atoms in total. The highest BCUT2D eigenvalue weighted by Gasteiger charge is 2.20. The van der Waals surface area contributed by atoms with Crippen LogP contribution in [0.25, 0.3) is 0 Å². The van der Waals surface area contributed by atoms with E-state index in [0.717, 1.165) is 38.3 Å². The molecule has 1 aliphatic heterocycles. The molecule has 2 aromatic rings. The van der Waals surface area contributed by atoms with Gasteiger partial charge < -0.3 is 10.6 Å². The fourth-order valence-electron chi connectivity index (χ4n) is 3.07. The summed E-state index contributed by atoms with van der Waals surface area (Å²) in [5, 5.41) is 5.02. The number of anilines is 1. The van der Waals surface area contributed by atoms with E-state index in [-0.39, 0.29) is 10.9 Å². The van der Waals surface area contributed by atoms with Crippen LogP contribution in [0.2, 0.25) is 10.0 Å². The van der Waals surface area contributed by atoms with Gasteiger partial charge in [0.05, 0.1) is 21.9 Å². The van der Waals surface area contributed by atoms with Gasteiger partial charge in [-0.05, 0) is 47.6 Å². The van der Waals surface area contributed by atoms with Crippen molar-refractivity contribution in [2.24, 2.45) is 10.8 Å². The second-order valence-corrected chi connectivity index (χ2v) is 7.71. The Bertz CT molecular complexity index is 885. The normalized spacial score (nSPS) is 15.2. The van der Waals surface area contributed by atoms with E-state index in [9.17, 15) is 4.39 Å². The number of hydrogen-bond donors (Lipinski definition) is 2. The van der Waals surface area contributed by atoms with Gasteiger partial charge in [0.1, 0.15) is 5.82 Å². The Hall–Kier alpha value is -1.93. The molecule has 1 fully saturated rings. The van der Waals surface area contributed by atoms with Crippen LogP contribution in [0.5, 0.6) is 0 Å². The minimum Gasteiger partial charge on any atom is -0.375 e. The van der Waals surface area contributed by atoms with E-state index in [1.54, 1.807) is 6.07 Å². The number of rotatable bonds is 5. The lowest BCUT2D eigenvalue weighted by Gasteiger charge is -2.36. The van der Waals surface area contributed by atoms with Gasteiger partial charge in [-0.25, -0.2) is 4.39 Å². The van der Waals surface area contributed by atoms with E-state index < -0.39 is 0 Å². The molecule has 28 heavy (non-hydrogen) atoms. The van der Waals surface area contributed by atoms with Crippen molar-refractivity contribution in [1.82, 2.24) is 10.3 Å². The van der Waals surface area contributed by atoms with E-state index >= 15 is 0 Å². The molecule has 0 saturated carbocycles. The number of nitrogens with one attached hydrogen (secondary N) is 1. The summed E-state index contributed by atoms with van der Waals surface area (Å²) in [6, 6.07) is 10.7. The molecule has 0 aliphatic carbocycles.